The van der Waals surface area contributed by atoms with E-state index >= 15 is 4.39 Å². The smallest absolute Gasteiger partial charge is 0.277 e. The molecular formula is C26H31ClFN5O3. The number of hydroxylamine groups is 1. The molecule has 0 atom stereocenters. The topological polar surface area (TPSA) is 91.7 Å². The largest absolute Gasteiger partial charge is 0.390 e. The van der Waals surface area contributed by atoms with Crippen molar-refractivity contribution in [3.8, 4) is 0 Å². The Morgan fingerprint density at radius 1 is 1.25 bits per heavy atom. The predicted octanol–water partition coefficient (Wildman–Crippen LogP) is 4.41. The summed E-state index contributed by atoms with van der Waals surface area (Å²) in [5, 5.41) is 12.9. The van der Waals surface area contributed by atoms with E-state index in [1.807, 2.05) is 17.6 Å². The molecule has 1 saturated heterocycles. The zero-order valence-corrected chi connectivity index (χ0v) is 21.0. The van der Waals surface area contributed by atoms with E-state index < -0.39 is 11.7 Å². The van der Waals surface area contributed by atoms with Crippen LogP contribution in [0.4, 0.5) is 15.8 Å². The second-order valence-electron chi connectivity index (χ2n) is 9.83. The predicted molar refractivity (Wildman–Crippen MR) is 137 cm³/mol. The van der Waals surface area contributed by atoms with Gasteiger partial charge in [-0.15, -0.1) is 0 Å². The molecule has 0 bridgehead atoms. The number of hydrogen-bond donors (Lipinski definition) is 3. The van der Waals surface area contributed by atoms with Crippen LogP contribution in [0.15, 0.2) is 30.6 Å². The van der Waals surface area contributed by atoms with Crippen molar-refractivity contribution < 1.29 is 19.1 Å². The van der Waals surface area contributed by atoms with E-state index in [1.54, 1.807) is 24.5 Å². The summed E-state index contributed by atoms with van der Waals surface area (Å²) in [6.07, 6.45) is 5.39. The summed E-state index contributed by atoms with van der Waals surface area (Å²) in [6, 6.07) is 7.03. The lowest BCUT2D eigenvalue weighted by Crippen LogP contribution is -2.50. The molecule has 3 aromatic rings. The number of β-amino-alcohol motifs (C(OH)–C–C–N with tert-alkyl or cyclic N) is 1. The van der Waals surface area contributed by atoms with Gasteiger partial charge in [0.25, 0.3) is 5.91 Å². The number of aryl methyl sites for hydroxylation is 2. The van der Waals surface area contributed by atoms with Gasteiger partial charge in [0.15, 0.2) is 5.82 Å². The fourth-order valence-electron chi connectivity index (χ4n) is 4.40. The Morgan fingerprint density at radius 3 is 2.75 bits per heavy atom. The van der Waals surface area contributed by atoms with Crippen LogP contribution >= 0.6 is 11.6 Å². The second-order valence-corrected chi connectivity index (χ2v) is 10.2. The van der Waals surface area contributed by atoms with Crippen LogP contribution in [0.5, 0.6) is 0 Å². The number of aliphatic hydroxyl groups excluding tert-OH is 1. The quantitative estimate of drug-likeness (QED) is 0.259. The van der Waals surface area contributed by atoms with E-state index in [9.17, 15) is 9.90 Å². The van der Waals surface area contributed by atoms with Gasteiger partial charge in [-0.25, -0.2) is 14.9 Å². The Morgan fingerprint density at radius 2 is 2.03 bits per heavy atom. The van der Waals surface area contributed by atoms with Gasteiger partial charge in [-0.1, -0.05) is 17.7 Å². The number of aliphatic hydroxyl groups is 1. The van der Waals surface area contributed by atoms with Crippen molar-refractivity contribution >= 4 is 39.9 Å². The van der Waals surface area contributed by atoms with Crippen molar-refractivity contribution in [2.75, 3.05) is 31.6 Å². The number of aromatic nitrogens is 2. The minimum atomic E-state index is -0.621. The summed E-state index contributed by atoms with van der Waals surface area (Å²) in [4.78, 5) is 25.0. The molecule has 8 nitrogen and oxygen atoms in total. The number of fused-ring (bicyclic) bond motifs is 1. The first kappa shape index (κ1) is 25.0. The summed E-state index contributed by atoms with van der Waals surface area (Å²) in [7, 11) is 0. The summed E-state index contributed by atoms with van der Waals surface area (Å²) < 4.78 is 17.7. The number of likely N-dealkylation sites (tertiary alicyclic amines) is 1. The summed E-state index contributed by atoms with van der Waals surface area (Å²) in [5.41, 5.74) is 4.77. The number of benzene rings is 2. The van der Waals surface area contributed by atoms with Crippen LogP contribution in [0, 0.1) is 18.7 Å². The minimum Gasteiger partial charge on any atom is -0.390 e. The Kier molecular flexibility index (Phi) is 7.43. The third-order valence-corrected chi connectivity index (χ3v) is 7.04. The maximum atomic E-state index is 15.8. The number of carbonyl (C=O) groups excluding carboxylic acids is 1. The monoisotopic (exact) mass is 515 g/mol. The molecule has 1 aromatic heterocycles. The van der Waals surface area contributed by atoms with Gasteiger partial charge >= 0.3 is 0 Å². The van der Waals surface area contributed by atoms with Gasteiger partial charge < -0.3 is 15.0 Å². The average Bonchev–Trinajstić information content (AvgIpc) is 3.56. The lowest BCUT2D eigenvalue weighted by molar-refractivity contribution is 0.00142. The zero-order chi connectivity index (χ0) is 25.2. The highest BCUT2D eigenvalue weighted by atomic mass is 35.5. The van der Waals surface area contributed by atoms with Gasteiger partial charge in [-0.2, -0.15) is 0 Å². The van der Waals surface area contributed by atoms with Crippen molar-refractivity contribution in [3.63, 3.8) is 0 Å². The molecular weight excluding hydrogens is 485 g/mol. The van der Waals surface area contributed by atoms with Gasteiger partial charge in [-0.3, -0.25) is 14.5 Å². The maximum absolute atomic E-state index is 15.8. The second kappa shape index (κ2) is 10.7. The average molecular weight is 516 g/mol. The standard InChI is InChI=1S/C26H31ClFN5O3/c1-16-4-7-21(20(27)10-16)30-24-19(26(35)31-36-14-17-5-6-17)11-22-25(23(24)28)29-15-33(22)9-3-2-8-32-12-18(34)13-32/h4,7,10-11,15,17-18,30,34H,2-3,5-6,8-9,12-14H2,1H3,(H,31,35). The molecule has 1 aliphatic heterocycles. The van der Waals surface area contributed by atoms with E-state index in [-0.39, 0.29) is 22.9 Å². The van der Waals surface area contributed by atoms with E-state index in [0.717, 1.165) is 50.9 Å². The van der Waals surface area contributed by atoms with Crippen molar-refractivity contribution in [1.29, 1.82) is 0 Å². The van der Waals surface area contributed by atoms with E-state index in [0.29, 0.717) is 35.3 Å². The number of anilines is 2. The molecule has 0 spiro atoms. The van der Waals surface area contributed by atoms with Crippen LogP contribution in [0.25, 0.3) is 11.0 Å². The molecule has 2 fully saturated rings. The van der Waals surface area contributed by atoms with Crippen LogP contribution < -0.4 is 10.8 Å². The minimum absolute atomic E-state index is 0.00219. The lowest BCUT2D eigenvalue weighted by atomic mass is 10.1. The number of hydrogen-bond acceptors (Lipinski definition) is 6. The van der Waals surface area contributed by atoms with Crippen molar-refractivity contribution in [2.45, 2.75) is 45.3 Å². The molecule has 0 unspecified atom stereocenters. The zero-order valence-electron chi connectivity index (χ0n) is 20.3. The number of unbranched alkanes of at least 4 members (excludes halogenated alkanes) is 1. The highest BCUT2D eigenvalue weighted by Gasteiger charge is 2.25. The summed E-state index contributed by atoms with van der Waals surface area (Å²) in [5.74, 6) is -0.689. The SMILES string of the molecule is Cc1ccc(Nc2c(C(=O)NOCC3CC3)cc3c(ncn3CCCCN3CC(O)C3)c2F)c(Cl)c1. The van der Waals surface area contributed by atoms with Crippen molar-refractivity contribution in [1.82, 2.24) is 19.9 Å². The number of halogens is 2. The molecule has 10 heteroatoms. The number of carbonyl (C=O) groups is 1. The van der Waals surface area contributed by atoms with Crippen molar-refractivity contribution in [2.24, 2.45) is 5.92 Å². The normalized spacial score (nSPS) is 16.3. The Hall–Kier alpha value is -2.72. The Labute approximate surface area is 214 Å². The van der Waals surface area contributed by atoms with Crippen LogP contribution in [0.3, 0.4) is 0 Å². The summed E-state index contributed by atoms with van der Waals surface area (Å²) in [6.45, 7) is 5.35. The molecule has 2 aliphatic rings. The number of rotatable bonds is 11. The first-order valence-corrected chi connectivity index (χ1v) is 12.8. The van der Waals surface area contributed by atoms with E-state index in [4.69, 9.17) is 16.4 Å². The Bertz CT molecular complexity index is 1260. The molecule has 0 radical (unpaired) electrons. The molecule has 3 N–H and O–H groups in total. The van der Waals surface area contributed by atoms with Crippen LogP contribution in [0.1, 0.15) is 41.6 Å². The molecule has 5 rings (SSSR count). The molecule has 1 aliphatic carbocycles. The molecule has 2 aromatic carbocycles. The van der Waals surface area contributed by atoms with Gasteiger partial charge in [0.1, 0.15) is 5.52 Å². The molecule has 36 heavy (non-hydrogen) atoms. The fraction of sp³-hybridized carbons (Fsp3) is 0.462. The number of nitrogens with zero attached hydrogens (tertiary/aromatic N) is 3. The van der Waals surface area contributed by atoms with Crippen LogP contribution in [0.2, 0.25) is 5.02 Å². The third kappa shape index (κ3) is 5.64. The molecule has 2 heterocycles. The molecule has 1 amide bonds. The van der Waals surface area contributed by atoms with Crippen LogP contribution in [-0.4, -0.2) is 57.8 Å². The third-order valence-electron chi connectivity index (χ3n) is 6.73. The fourth-order valence-corrected chi connectivity index (χ4v) is 4.68. The van der Waals surface area contributed by atoms with Gasteiger partial charge in [-0.05, 0) is 68.8 Å². The highest BCUT2D eigenvalue weighted by Crippen LogP contribution is 2.34. The maximum Gasteiger partial charge on any atom is 0.277 e. The summed E-state index contributed by atoms with van der Waals surface area (Å²) >= 11 is 6.38. The number of nitrogens with one attached hydrogen (secondary N) is 2. The van der Waals surface area contributed by atoms with Gasteiger partial charge in [0.05, 0.1) is 46.5 Å². The number of imidazole rings is 1. The van der Waals surface area contributed by atoms with Gasteiger partial charge in [0.2, 0.25) is 0 Å². The first-order valence-electron chi connectivity index (χ1n) is 12.4. The van der Waals surface area contributed by atoms with Crippen LogP contribution in [-0.2, 0) is 11.4 Å². The first-order chi connectivity index (χ1) is 17.4. The van der Waals surface area contributed by atoms with Crippen molar-refractivity contribution in [3.05, 3.63) is 52.6 Å². The lowest BCUT2D eigenvalue weighted by Gasteiger charge is -2.35. The van der Waals surface area contributed by atoms with E-state index in [1.165, 1.54) is 0 Å². The Balaban J connectivity index is 1.39. The van der Waals surface area contributed by atoms with E-state index in [2.05, 4.69) is 20.7 Å². The molecule has 192 valence electrons. The highest BCUT2D eigenvalue weighted by molar-refractivity contribution is 6.33. The number of amides is 1. The van der Waals surface area contributed by atoms with Gasteiger partial charge in [0, 0.05) is 19.6 Å². The molecule has 1 saturated carbocycles.